The van der Waals surface area contributed by atoms with Gasteiger partial charge in [0.1, 0.15) is 0 Å². The molecular formula is C70H58Ge2N2. The summed E-state index contributed by atoms with van der Waals surface area (Å²) in [6, 6.07) is 91.3. The van der Waals surface area contributed by atoms with Crippen molar-refractivity contribution in [2.75, 3.05) is 9.80 Å². The molecule has 0 unspecified atom stereocenters. The molecular weight excluding hydrogens is 1010 g/mol. The molecule has 0 aliphatic heterocycles. The van der Waals surface area contributed by atoms with Gasteiger partial charge in [-0.2, -0.15) is 0 Å². The first-order valence-corrected chi connectivity index (χ1v) is 40.8. The zero-order chi connectivity index (χ0) is 50.3. The molecule has 13 aromatic carbocycles. The second-order valence-corrected chi connectivity index (χ2v) is 43.5. The fourth-order valence-electron chi connectivity index (χ4n) is 11.5. The van der Waals surface area contributed by atoms with E-state index >= 15 is 0 Å². The summed E-state index contributed by atoms with van der Waals surface area (Å²) in [7, 11) is 0. The molecule has 0 bridgehead atoms. The molecule has 13 aromatic rings. The van der Waals surface area contributed by atoms with Crippen LogP contribution in [-0.2, 0) is 0 Å². The molecule has 0 spiro atoms. The van der Waals surface area contributed by atoms with Gasteiger partial charge in [0.25, 0.3) is 0 Å². The van der Waals surface area contributed by atoms with Gasteiger partial charge in [0.15, 0.2) is 0 Å². The summed E-state index contributed by atoms with van der Waals surface area (Å²) in [5.74, 6) is 14.8. The van der Waals surface area contributed by atoms with Gasteiger partial charge < -0.3 is 0 Å². The van der Waals surface area contributed by atoms with Crippen molar-refractivity contribution in [2.45, 2.75) is 34.5 Å². The second-order valence-electron chi connectivity index (χ2n) is 22.2. The molecule has 0 aromatic heterocycles. The van der Waals surface area contributed by atoms with E-state index in [0.29, 0.717) is 0 Å². The predicted octanol–water partition coefficient (Wildman–Crippen LogP) is 19.4. The number of benzene rings is 13. The van der Waals surface area contributed by atoms with Gasteiger partial charge in [-0.25, -0.2) is 0 Å². The summed E-state index contributed by atoms with van der Waals surface area (Å²) in [6.45, 7) is 0. The molecule has 74 heavy (non-hydrogen) atoms. The summed E-state index contributed by atoms with van der Waals surface area (Å²) in [6.07, 6.45) is 0. The summed E-state index contributed by atoms with van der Waals surface area (Å²) < 4.78 is 3.02. The van der Waals surface area contributed by atoms with Crippen LogP contribution in [-0.4, -0.2) is 26.5 Å². The Hall–Kier alpha value is -7.63. The van der Waals surface area contributed by atoms with Crippen LogP contribution in [0.5, 0.6) is 0 Å². The Morgan fingerprint density at radius 3 is 0.919 bits per heavy atom. The number of hydrogen-bond acceptors (Lipinski definition) is 2. The van der Waals surface area contributed by atoms with Gasteiger partial charge in [0.2, 0.25) is 0 Å². The predicted molar refractivity (Wildman–Crippen MR) is 329 cm³/mol. The molecule has 13 rings (SSSR count). The zero-order valence-electron chi connectivity index (χ0n) is 43.0. The molecule has 0 saturated carbocycles. The van der Waals surface area contributed by atoms with Gasteiger partial charge in [0.05, 0.1) is 0 Å². The summed E-state index contributed by atoms with van der Waals surface area (Å²) >= 11 is -4.00. The van der Waals surface area contributed by atoms with Gasteiger partial charge in [-0.3, -0.25) is 0 Å². The number of hydrogen-bond donors (Lipinski definition) is 0. The van der Waals surface area contributed by atoms with E-state index < -0.39 is 26.5 Å². The van der Waals surface area contributed by atoms with Crippen LogP contribution in [0.15, 0.2) is 243 Å². The van der Waals surface area contributed by atoms with Crippen LogP contribution in [0.25, 0.3) is 86.9 Å². The van der Waals surface area contributed by atoms with Crippen molar-refractivity contribution in [3.8, 4) is 22.3 Å². The number of anilines is 6. The van der Waals surface area contributed by atoms with E-state index in [9.17, 15) is 0 Å². The Bertz CT molecular complexity index is 3940. The van der Waals surface area contributed by atoms with E-state index in [2.05, 4.69) is 287 Å². The fourth-order valence-corrected chi connectivity index (χ4v) is 16.4. The normalized spacial score (nSPS) is 12.2. The van der Waals surface area contributed by atoms with Crippen molar-refractivity contribution in [1.29, 1.82) is 0 Å². The third-order valence-corrected chi connectivity index (χ3v) is 24.2. The third-order valence-electron chi connectivity index (χ3n) is 15.5. The van der Waals surface area contributed by atoms with E-state index in [1.54, 1.807) is 0 Å². The third kappa shape index (κ3) is 8.12. The van der Waals surface area contributed by atoms with E-state index in [1.807, 2.05) is 0 Å². The summed E-state index contributed by atoms with van der Waals surface area (Å²) in [5, 5.41) is 15.3. The molecule has 0 N–H and O–H groups in total. The number of rotatable bonds is 10. The topological polar surface area (TPSA) is 6.48 Å². The fraction of sp³-hybridized carbons (Fsp3) is 0.0857. The molecule has 0 saturated heterocycles. The second kappa shape index (κ2) is 18.1. The molecule has 0 aliphatic rings. The molecule has 2 nitrogen and oxygen atoms in total. The van der Waals surface area contributed by atoms with E-state index in [1.165, 1.54) is 107 Å². The Balaban J connectivity index is 0.876. The van der Waals surface area contributed by atoms with Gasteiger partial charge >= 0.3 is 398 Å². The minimum absolute atomic E-state index is 1.14. The number of fused-ring (bicyclic) bond motifs is 4. The molecule has 0 fully saturated rings. The van der Waals surface area contributed by atoms with Crippen molar-refractivity contribution in [3.05, 3.63) is 243 Å². The Morgan fingerprint density at radius 2 is 0.554 bits per heavy atom. The standard InChI is InChI=1S/C70H58Ge2N2/c1-71(2,3)53-27-37-57(38-28-53)73(59-35-21-47-13-7-9-15-51(47)45-59)55-31-23-49(24-32-55)61-41-43-67-66-20-12-18-64-62(42-44-68(70(64)66)65-19-11-17-63(61)69(65)67)50-25-33-56(34-26-50)74(58-39-29-54(30-40-58)72(4,5)6)60-36-22-48-14-8-10-16-52(48)46-60/h7-46H,1-6H3. The first-order chi connectivity index (χ1) is 35.9. The molecule has 0 radical (unpaired) electrons. The molecule has 0 amide bonds. The molecule has 356 valence electrons. The van der Waals surface area contributed by atoms with Crippen LogP contribution in [0.3, 0.4) is 0 Å². The van der Waals surface area contributed by atoms with E-state index in [4.69, 9.17) is 0 Å². The van der Waals surface area contributed by atoms with Crippen molar-refractivity contribution in [1.82, 2.24) is 0 Å². The van der Waals surface area contributed by atoms with Gasteiger partial charge in [-0.1, -0.05) is 24.3 Å². The summed E-state index contributed by atoms with van der Waals surface area (Å²) in [5.41, 5.74) is 11.8. The van der Waals surface area contributed by atoms with E-state index in [-0.39, 0.29) is 0 Å². The first kappa shape index (κ1) is 46.2. The first-order valence-electron chi connectivity index (χ1n) is 26.1. The average Bonchev–Trinajstić information content (AvgIpc) is 3.42. The van der Waals surface area contributed by atoms with Crippen molar-refractivity contribution >= 4 is 134 Å². The van der Waals surface area contributed by atoms with Crippen LogP contribution in [0, 0.1) is 0 Å². The van der Waals surface area contributed by atoms with Crippen molar-refractivity contribution < 1.29 is 0 Å². The molecule has 4 heteroatoms. The van der Waals surface area contributed by atoms with Crippen LogP contribution in [0.4, 0.5) is 34.1 Å². The zero-order valence-corrected chi connectivity index (χ0v) is 47.2. The maximum atomic E-state index is 2.46. The quantitative estimate of drug-likeness (QED) is 0.0765. The van der Waals surface area contributed by atoms with Crippen molar-refractivity contribution in [2.24, 2.45) is 0 Å². The SMILES string of the molecule is [CH3][Ge]([CH3])([CH3])[c]1ccc(N(c2ccc(-c3ccc4c5cccc6c(-c7ccc(N(c8cc[c]([Ge]([CH3])([CH3])[CH3])cc8)c8ccc9ccccc9c8)cc7)ccc(c7cccc3c74)c65)cc2)c2ccc3ccccc3c2)cc1. The Morgan fingerprint density at radius 1 is 0.243 bits per heavy atom. The van der Waals surface area contributed by atoms with Gasteiger partial charge in [-0.05, 0) is 21.5 Å². The monoisotopic (exact) mass is 1070 g/mol. The van der Waals surface area contributed by atoms with Gasteiger partial charge in [0, 0.05) is 0 Å². The Kier molecular flexibility index (Phi) is 11.3. The van der Waals surface area contributed by atoms with Gasteiger partial charge in [-0.15, -0.1) is 0 Å². The van der Waals surface area contributed by atoms with Crippen LogP contribution < -0.4 is 18.6 Å². The average molecular weight is 1070 g/mol. The Labute approximate surface area is 440 Å². The van der Waals surface area contributed by atoms with E-state index in [0.717, 1.165) is 22.7 Å². The van der Waals surface area contributed by atoms with Crippen LogP contribution >= 0.6 is 0 Å². The van der Waals surface area contributed by atoms with Crippen LogP contribution in [0.1, 0.15) is 0 Å². The number of nitrogens with zero attached hydrogens (tertiary/aromatic N) is 2. The summed E-state index contributed by atoms with van der Waals surface area (Å²) in [4.78, 5) is 4.81. The van der Waals surface area contributed by atoms with Crippen molar-refractivity contribution in [3.63, 3.8) is 0 Å². The minimum atomic E-state index is -2.00. The molecule has 0 atom stereocenters. The molecule has 0 heterocycles. The molecule has 0 aliphatic carbocycles. The van der Waals surface area contributed by atoms with Crippen LogP contribution in [0.2, 0.25) is 34.5 Å². The maximum absolute atomic E-state index is 2.46.